The summed E-state index contributed by atoms with van der Waals surface area (Å²) >= 11 is 0. The van der Waals surface area contributed by atoms with E-state index in [0.717, 1.165) is 5.56 Å². The van der Waals surface area contributed by atoms with Crippen LogP contribution in [0.3, 0.4) is 0 Å². The molecule has 1 atom stereocenters. The first-order chi connectivity index (χ1) is 7.74. The van der Waals surface area contributed by atoms with E-state index in [1.807, 2.05) is 18.2 Å². The molecular formula is C12H13NO3. The Morgan fingerprint density at radius 2 is 2.06 bits per heavy atom. The fourth-order valence-electron chi connectivity index (χ4n) is 2.16. The summed E-state index contributed by atoms with van der Waals surface area (Å²) in [6.07, 6.45) is 0.799. The van der Waals surface area contributed by atoms with Gasteiger partial charge in [0.05, 0.1) is 12.2 Å². The van der Waals surface area contributed by atoms with Crippen LogP contribution in [0.4, 0.5) is 0 Å². The molecule has 1 unspecified atom stereocenters. The van der Waals surface area contributed by atoms with Gasteiger partial charge < -0.3 is 15.2 Å². The van der Waals surface area contributed by atoms with Crippen LogP contribution in [0.5, 0.6) is 0 Å². The van der Waals surface area contributed by atoms with Gasteiger partial charge in [0.2, 0.25) is 0 Å². The van der Waals surface area contributed by atoms with Crippen LogP contribution in [-0.4, -0.2) is 23.2 Å². The van der Waals surface area contributed by atoms with Crippen LogP contribution >= 0.6 is 0 Å². The summed E-state index contributed by atoms with van der Waals surface area (Å²) in [7, 11) is 0. The number of ether oxygens (including phenoxy) is 1. The van der Waals surface area contributed by atoms with Gasteiger partial charge in [-0.25, -0.2) is 0 Å². The lowest BCUT2D eigenvalue weighted by molar-refractivity contribution is -0.109. The number of rotatable bonds is 2. The Bertz CT molecular complexity index is 426. The van der Waals surface area contributed by atoms with Gasteiger partial charge >= 0.3 is 0 Å². The van der Waals surface area contributed by atoms with E-state index in [2.05, 4.69) is 5.32 Å². The minimum atomic E-state index is -0.346. The van der Waals surface area contributed by atoms with Gasteiger partial charge in [-0.05, 0) is 18.9 Å². The zero-order valence-electron chi connectivity index (χ0n) is 8.72. The van der Waals surface area contributed by atoms with Crippen LogP contribution in [0.25, 0.3) is 0 Å². The molecule has 1 saturated carbocycles. The van der Waals surface area contributed by atoms with Crippen molar-refractivity contribution in [2.75, 3.05) is 0 Å². The Morgan fingerprint density at radius 3 is 2.81 bits per heavy atom. The molecule has 1 aliphatic heterocycles. The lowest BCUT2D eigenvalue weighted by Crippen LogP contribution is -2.38. The molecule has 4 heteroatoms. The normalized spacial score (nSPS) is 31.8. The largest absolute Gasteiger partial charge is 0.393 e. The fourth-order valence-corrected chi connectivity index (χ4v) is 2.16. The number of aliphatic hydroxyl groups excluding tert-OH is 1. The fraction of sp³-hybridized carbons (Fsp3) is 0.417. The molecule has 1 aromatic rings. The number of fused-ring (bicyclic) bond motifs is 1. The van der Waals surface area contributed by atoms with Crippen molar-refractivity contribution >= 4 is 5.91 Å². The van der Waals surface area contributed by atoms with E-state index in [0.29, 0.717) is 18.4 Å². The molecule has 3 rings (SSSR count). The number of benzene rings is 1. The highest BCUT2D eigenvalue weighted by atomic mass is 16.5. The lowest BCUT2D eigenvalue weighted by atomic mass is 9.92. The number of hydrogen-bond donors (Lipinski definition) is 2. The van der Waals surface area contributed by atoms with Crippen LogP contribution in [0.15, 0.2) is 24.3 Å². The smallest absolute Gasteiger partial charge is 0.253 e. The number of carbonyl (C=O) groups excluding carboxylic acids is 1. The van der Waals surface area contributed by atoms with Gasteiger partial charge in [-0.15, -0.1) is 0 Å². The molecule has 0 bridgehead atoms. The summed E-state index contributed by atoms with van der Waals surface area (Å²) in [4.78, 5) is 11.6. The molecule has 1 aromatic carbocycles. The summed E-state index contributed by atoms with van der Waals surface area (Å²) in [5.41, 5.74) is 1.58. The van der Waals surface area contributed by atoms with E-state index in [1.165, 1.54) is 0 Å². The van der Waals surface area contributed by atoms with E-state index in [4.69, 9.17) is 4.74 Å². The van der Waals surface area contributed by atoms with Crippen molar-refractivity contribution in [1.82, 2.24) is 5.32 Å². The number of hydrogen-bond acceptors (Lipinski definition) is 3. The Hall–Kier alpha value is -1.39. The summed E-state index contributed by atoms with van der Waals surface area (Å²) in [5.74, 6) is -0.0829. The van der Waals surface area contributed by atoms with Crippen LogP contribution < -0.4 is 5.32 Å². The highest BCUT2D eigenvalue weighted by Gasteiger charge is 2.35. The molecule has 0 saturated heterocycles. The highest BCUT2D eigenvalue weighted by molar-refractivity contribution is 5.98. The summed E-state index contributed by atoms with van der Waals surface area (Å²) in [5, 5.41) is 12.0. The molecule has 84 valence electrons. The number of amides is 1. The zero-order chi connectivity index (χ0) is 11.1. The maximum absolute atomic E-state index is 11.6. The van der Waals surface area contributed by atoms with Crippen molar-refractivity contribution in [3.8, 4) is 0 Å². The molecule has 1 aliphatic carbocycles. The maximum Gasteiger partial charge on any atom is 0.253 e. The second-order valence-electron chi connectivity index (χ2n) is 4.32. The van der Waals surface area contributed by atoms with Crippen molar-refractivity contribution in [2.45, 2.75) is 31.3 Å². The van der Waals surface area contributed by atoms with Gasteiger partial charge in [0.1, 0.15) is 0 Å². The van der Waals surface area contributed by atoms with Crippen molar-refractivity contribution in [3.63, 3.8) is 0 Å². The monoisotopic (exact) mass is 219 g/mol. The molecule has 0 radical (unpaired) electrons. The lowest BCUT2D eigenvalue weighted by Gasteiger charge is -2.33. The zero-order valence-corrected chi connectivity index (χ0v) is 8.72. The average molecular weight is 219 g/mol. The molecule has 2 N–H and O–H groups in total. The second-order valence-corrected chi connectivity index (χ2v) is 4.32. The van der Waals surface area contributed by atoms with Crippen molar-refractivity contribution in [2.24, 2.45) is 0 Å². The highest BCUT2D eigenvalue weighted by Crippen LogP contribution is 2.32. The first-order valence-corrected chi connectivity index (χ1v) is 5.47. The van der Waals surface area contributed by atoms with E-state index < -0.39 is 0 Å². The van der Waals surface area contributed by atoms with Gasteiger partial charge in [0.15, 0.2) is 6.23 Å². The Morgan fingerprint density at radius 1 is 1.31 bits per heavy atom. The Labute approximate surface area is 93.2 Å². The maximum atomic E-state index is 11.6. The van der Waals surface area contributed by atoms with E-state index in [1.54, 1.807) is 6.07 Å². The van der Waals surface area contributed by atoms with E-state index in [-0.39, 0.29) is 24.3 Å². The number of nitrogens with one attached hydrogen (secondary N) is 1. The van der Waals surface area contributed by atoms with Crippen LogP contribution in [-0.2, 0) is 4.74 Å². The van der Waals surface area contributed by atoms with E-state index >= 15 is 0 Å². The van der Waals surface area contributed by atoms with Crippen LogP contribution in [0, 0.1) is 0 Å². The molecular weight excluding hydrogens is 206 g/mol. The van der Waals surface area contributed by atoms with Gasteiger partial charge in [-0.3, -0.25) is 4.79 Å². The van der Waals surface area contributed by atoms with Crippen molar-refractivity contribution in [3.05, 3.63) is 35.4 Å². The van der Waals surface area contributed by atoms with E-state index in [9.17, 15) is 9.90 Å². The Kier molecular flexibility index (Phi) is 2.19. The van der Waals surface area contributed by atoms with Gasteiger partial charge in [-0.1, -0.05) is 18.2 Å². The number of carbonyl (C=O) groups is 1. The quantitative estimate of drug-likeness (QED) is 0.779. The molecule has 0 spiro atoms. The van der Waals surface area contributed by atoms with Crippen LogP contribution in [0.1, 0.15) is 35.0 Å². The summed E-state index contributed by atoms with van der Waals surface area (Å²) in [6.45, 7) is 0. The predicted octanol–water partition coefficient (Wildman–Crippen LogP) is 0.968. The molecule has 1 fully saturated rings. The van der Waals surface area contributed by atoms with Gasteiger partial charge in [0.25, 0.3) is 5.91 Å². The summed E-state index contributed by atoms with van der Waals surface area (Å²) < 4.78 is 5.72. The molecule has 1 heterocycles. The molecule has 0 aromatic heterocycles. The first-order valence-electron chi connectivity index (χ1n) is 5.47. The summed E-state index contributed by atoms with van der Waals surface area (Å²) in [6, 6.07) is 7.43. The molecule has 1 amide bonds. The first kappa shape index (κ1) is 9.81. The van der Waals surface area contributed by atoms with Crippen molar-refractivity contribution < 1.29 is 14.6 Å². The minimum Gasteiger partial charge on any atom is -0.393 e. The third-order valence-corrected chi connectivity index (χ3v) is 3.15. The third kappa shape index (κ3) is 1.50. The molecule has 2 aliphatic rings. The Balaban J connectivity index is 1.76. The average Bonchev–Trinajstić information content (AvgIpc) is 2.55. The van der Waals surface area contributed by atoms with Crippen molar-refractivity contribution in [1.29, 1.82) is 0 Å². The van der Waals surface area contributed by atoms with Gasteiger partial charge in [0, 0.05) is 11.1 Å². The minimum absolute atomic E-state index is 0.0615. The SMILES string of the molecule is O=C1NC(OC2CC(O)C2)c2ccccc21. The standard InChI is InChI=1S/C12H13NO3/c14-7-5-8(6-7)16-12-10-4-2-1-3-9(10)11(15)13-12/h1-4,7-8,12,14H,5-6H2,(H,13,15). The number of aliphatic hydroxyl groups is 1. The van der Waals surface area contributed by atoms with Gasteiger partial charge in [-0.2, -0.15) is 0 Å². The molecule has 16 heavy (non-hydrogen) atoms. The second kappa shape index (κ2) is 3.57. The predicted molar refractivity (Wildman–Crippen MR) is 56.8 cm³/mol. The topological polar surface area (TPSA) is 58.6 Å². The van der Waals surface area contributed by atoms with Crippen LogP contribution in [0.2, 0.25) is 0 Å². The third-order valence-electron chi connectivity index (χ3n) is 3.15. The molecule has 4 nitrogen and oxygen atoms in total.